The number of thiophene rings is 1. The van der Waals surface area contributed by atoms with E-state index in [1.165, 1.54) is 12.0 Å². The van der Waals surface area contributed by atoms with Gasteiger partial charge in [0.2, 0.25) is 0 Å². The molecule has 0 amide bonds. The molecule has 17 heavy (non-hydrogen) atoms. The van der Waals surface area contributed by atoms with Gasteiger partial charge in [0.15, 0.2) is 0 Å². The van der Waals surface area contributed by atoms with Crippen molar-refractivity contribution in [3.05, 3.63) is 22.4 Å². The lowest BCUT2D eigenvalue weighted by Crippen LogP contribution is -2.39. The molecule has 1 rings (SSSR count). The predicted octanol–water partition coefficient (Wildman–Crippen LogP) is 2.47. The minimum Gasteiger partial charge on any atom is -0.468 e. The van der Waals surface area contributed by atoms with Crippen LogP contribution in [0.25, 0.3) is 0 Å². The Labute approximate surface area is 107 Å². The maximum absolute atomic E-state index is 11.6. The van der Waals surface area contributed by atoms with E-state index >= 15 is 0 Å². The number of rotatable bonds is 7. The van der Waals surface area contributed by atoms with E-state index in [0.29, 0.717) is 5.92 Å². The Hall–Kier alpha value is -0.870. The Bertz CT molecular complexity index is 322. The second-order valence-electron chi connectivity index (χ2n) is 4.49. The first kappa shape index (κ1) is 14.2. The fraction of sp³-hybridized carbons (Fsp3) is 0.615. The molecule has 0 fully saturated rings. The Morgan fingerprint density at radius 1 is 1.53 bits per heavy atom. The highest BCUT2D eigenvalue weighted by molar-refractivity contribution is 7.09. The van der Waals surface area contributed by atoms with E-state index in [0.717, 1.165) is 19.4 Å². The van der Waals surface area contributed by atoms with Crippen LogP contribution in [0.5, 0.6) is 0 Å². The fourth-order valence-electron chi connectivity index (χ4n) is 1.70. The summed E-state index contributed by atoms with van der Waals surface area (Å²) in [4.78, 5) is 12.9. The van der Waals surface area contributed by atoms with Crippen molar-refractivity contribution in [2.24, 2.45) is 5.92 Å². The molecule has 0 aliphatic carbocycles. The molecule has 1 N–H and O–H groups in total. The van der Waals surface area contributed by atoms with Crippen LogP contribution in [0.2, 0.25) is 0 Å². The third-order valence-electron chi connectivity index (χ3n) is 2.54. The molecule has 0 saturated heterocycles. The van der Waals surface area contributed by atoms with Crippen molar-refractivity contribution in [3.63, 3.8) is 0 Å². The van der Waals surface area contributed by atoms with Crippen molar-refractivity contribution in [1.29, 1.82) is 0 Å². The number of hydrogen-bond acceptors (Lipinski definition) is 4. The molecule has 0 bridgehead atoms. The van der Waals surface area contributed by atoms with Gasteiger partial charge in [0.25, 0.3) is 0 Å². The van der Waals surface area contributed by atoms with Crippen molar-refractivity contribution >= 4 is 17.3 Å². The molecule has 4 heteroatoms. The smallest absolute Gasteiger partial charge is 0.322 e. The molecule has 0 aromatic carbocycles. The second kappa shape index (κ2) is 7.45. The standard InChI is InChI=1S/C13H21NO2S/c1-10(2)9-12(13(15)16-3)14-7-6-11-5-4-8-17-11/h4-5,8,10,12,14H,6-7,9H2,1-3H3. The summed E-state index contributed by atoms with van der Waals surface area (Å²) in [5.41, 5.74) is 0. The first-order valence-corrected chi connectivity index (χ1v) is 6.85. The molecule has 1 heterocycles. The predicted molar refractivity (Wildman–Crippen MR) is 71.3 cm³/mol. The van der Waals surface area contributed by atoms with Gasteiger partial charge in [-0.25, -0.2) is 0 Å². The van der Waals surface area contributed by atoms with Gasteiger partial charge in [0.1, 0.15) is 6.04 Å². The monoisotopic (exact) mass is 255 g/mol. The molecule has 3 nitrogen and oxygen atoms in total. The molecule has 1 unspecified atom stereocenters. The zero-order valence-electron chi connectivity index (χ0n) is 10.7. The van der Waals surface area contributed by atoms with E-state index in [4.69, 9.17) is 4.74 Å². The maximum Gasteiger partial charge on any atom is 0.322 e. The number of hydrogen-bond donors (Lipinski definition) is 1. The highest BCUT2D eigenvalue weighted by Crippen LogP contribution is 2.10. The van der Waals surface area contributed by atoms with E-state index in [-0.39, 0.29) is 12.0 Å². The van der Waals surface area contributed by atoms with Gasteiger partial charge in [0.05, 0.1) is 7.11 Å². The van der Waals surface area contributed by atoms with E-state index < -0.39 is 0 Å². The Morgan fingerprint density at radius 2 is 2.29 bits per heavy atom. The zero-order chi connectivity index (χ0) is 12.7. The topological polar surface area (TPSA) is 38.3 Å². The van der Waals surface area contributed by atoms with Gasteiger partial charge in [-0.1, -0.05) is 19.9 Å². The van der Waals surface area contributed by atoms with Crippen LogP contribution in [-0.2, 0) is 16.0 Å². The lowest BCUT2D eigenvalue weighted by molar-refractivity contribution is -0.143. The van der Waals surface area contributed by atoms with Crippen molar-refractivity contribution in [1.82, 2.24) is 5.32 Å². The van der Waals surface area contributed by atoms with Crippen molar-refractivity contribution < 1.29 is 9.53 Å². The van der Waals surface area contributed by atoms with E-state index in [1.54, 1.807) is 11.3 Å². The normalized spacial score (nSPS) is 12.7. The van der Waals surface area contributed by atoms with Crippen LogP contribution in [0.4, 0.5) is 0 Å². The summed E-state index contributed by atoms with van der Waals surface area (Å²) in [7, 11) is 1.44. The molecule has 1 aromatic rings. The first-order valence-electron chi connectivity index (χ1n) is 5.97. The highest BCUT2D eigenvalue weighted by Gasteiger charge is 2.19. The average Bonchev–Trinajstić information content (AvgIpc) is 2.79. The van der Waals surface area contributed by atoms with Crippen molar-refractivity contribution in [2.75, 3.05) is 13.7 Å². The molecule has 1 atom stereocenters. The Balaban J connectivity index is 2.35. The van der Waals surface area contributed by atoms with Gasteiger partial charge in [-0.3, -0.25) is 4.79 Å². The van der Waals surface area contributed by atoms with Crippen LogP contribution in [0, 0.1) is 5.92 Å². The summed E-state index contributed by atoms with van der Waals surface area (Å²) >= 11 is 1.75. The van der Waals surface area contributed by atoms with Gasteiger partial charge in [-0.05, 0) is 30.2 Å². The van der Waals surface area contributed by atoms with Crippen LogP contribution in [0.15, 0.2) is 17.5 Å². The van der Waals surface area contributed by atoms with Crippen LogP contribution in [-0.4, -0.2) is 25.7 Å². The van der Waals surface area contributed by atoms with E-state index in [2.05, 4.69) is 30.6 Å². The lowest BCUT2D eigenvalue weighted by Gasteiger charge is -2.18. The fourth-order valence-corrected chi connectivity index (χ4v) is 2.41. The molecule has 1 aromatic heterocycles. The van der Waals surface area contributed by atoms with Crippen LogP contribution < -0.4 is 5.32 Å². The van der Waals surface area contributed by atoms with Gasteiger partial charge >= 0.3 is 5.97 Å². The minimum absolute atomic E-state index is 0.162. The molecule has 0 aliphatic rings. The molecule has 0 aliphatic heterocycles. The molecular formula is C13H21NO2S. The van der Waals surface area contributed by atoms with Gasteiger partial charge in [-0.15, -0.1) is 11.3 Å². The first-order chi connectivity index (χ1) is 8.13. The summed E-state index contributed by atoms with van der Waals surface area (Å²) in [5, 5.41) is 5.34. The number of nitrogens with one attached hydrogen (secondary N) is 1. The van der Waals surface area contributed by atoms with Crippen molar-refractivity contribution in [2.45, 2.75) is 32.7 Å². The zero-order valence-corrected chi connectivity index (χ0v) is 11.5. The van der Waals surface area contributed by atoms with Crippen molar-refractivity contribution in [3.8, 4) is 0 Å². The number of methoxy groups -OCH3 is 1. The second-order valence-corrected chi connectivity index (χ2v) is 5.52. The minimum atomic E-state index is -0.181. The summed E-state index contributed by atoms with van der Waals surface area (Å²) in [6.07, 6.45) is 1.78. The van der Waals surface area contributed by atoms with E-state index in [9.17, 15) is 4.79 Å². The summed E-state index contributed by atoms with van der Waals surface area (Å²) in [6, 6.07) is 3.98. The highest BCUT2D eigenvalue weighted by atomic mass is 32.1. The summed E-state index contributed by atoms with van der Waals surface area (Å²) < 4.78 is 4.80. The summed E-state index contributed by atoms with van der Waals surface area (Å²) in [6.45, 7) is 5.03. The number of carbonyl (C=O) groups is 1. The van der Waals surface area contributed by atoms with Crippen LogP contribution >= 0.6 is 11.3 Å². The Morgan fingerprint density at radius 3 is 2.82 bits per heavy atom. The van der Waals surface area contributed by atoms with Gasteiger partial charge < -0.3 is 10.1 Å². The number of esters is 1. The van der Waals surface area contributed by atoms with Crippen LogP contribution in [0.3, 0.4) is 0 Å². The molecular weight excluding hydrogens is 234 g/mol. The SMILES string of the molecule is COC(=O)C(CC(C)C)NCCc1cccs1. The van der Waals surface area contributed by atoms with E-state index in [1.807, 2.05) is 6.07 Å². The van der Waals surface area contributed by atoms with Gasteiger partial charge in [0, 0.05) is 11.4 Å². The maximum atomic E-state index is 11.6. The third-order valence-corrected chi connectivity index (χ3v) is 3.47. The molecule has 96 valence electrons. The molecule has 0 saturated carbocycles. The van der Waals surface area contributed by atoms with Crippen LogP contribution in [0.1, 0.15) is 25.1 Å². The average molecular weight is 255 g/mol. The molecule has 0 radical (unpaired) electrons. The Kier molecular flexibility index (Phi) is 6.22. The largest absolute Gasteiger partial charge is 0.468 e. The quantitative estimate of drug-likeness (QED) is 0.761. The summed E-state index contributed by atoms with van der Waals surface area (Å²) in [5.74, 6) is 0.318. The van der Waals surface area contributed by atoms with Gasteiger partial charge in [-0.2, -0.15) is 0 Å². The third kappa shape index (κ3) is 5.33. The lowest BCUT2D eigenvalue weighted by atomic mass is 10.0. The number of ether oxygens (including phenoxy) is 1. The molecule has 0 spiro atoms. The number of carbonyl (C=O) groups excluding carboxylic acids is 1.